The summed E-state index contributed by atoms with van der Waals surface area (Å²) in [5.74, 6) is -0.850. The number of carbonyl (C=O) groups is 1. The highest BCUT2D eigenvalue weighted by atomic mass is 19.4. The van der Waals surface area contributed by atoms with Crippen LogP contribution < -0.4 is 5.32 Å². The van der Waals surface area contributed by atoms with Gasteiger partial charge in [0.1, 0.15) is 0 Å². The summed E-state index contributed by atoms with van der Waals surface area (Å²) < 4.78 is 77.4. The van der Waals surface area contributed by atoms with Crippen molar-refractivity contribution in [2.24, 2.45) is 0 Å². The zero-order chi connectivity index (χ0) is 21.2. The molecule has 3 nitrogen and oxygen atoms in total. The summed E-state index contributed by atoms with van der Waals surface area (Å²) in [6.45, 7) is 0. The normalized spacial score (nSPS) is 11.9. The van der Waals surface area contributed by atoms with Crippen LogP contribution in [0.4, 0.5) is 32.0 Å². The minimum Gasteiger partial charge on any atom is -0.320 e. The summed E-state index contributed by atoms with van der Waals surface area (Å²) >= 11 is 0. The molecule has 0 aliphatic rings. The Morgan fingerprint density at radius 2 is 1.41 bits per heavy atom. The van der Waals surface area contributed by atoms with Crippen LogP contribution in [0.5, 0.6) is 0 Å². The van der Waals surface area contributed by atoms with Gasteiger partial charge in [-0.2, -0.15) is 26.3 Å². The number of alkyl halides is 6. The lowest BCUT2D eigenvalue weighted by Gasteiger charge is -2.13. The number of hydrogen-bond acceptors (Lipinski definition) is 2. The molecule has 0 aliphatic heterocycles. The van der Waals surface area contributed by atoms with E-state index >= 15 is 0 Å². The number of rotatable bonds is 3. The van der Waals surface area contributed by atoms with Gasteiger partial charge in [0, 0.05) is 17.3 Å². The summed E-state index contributed by atoms with van der Waals surface area (Å²) in [4.78, 5) is 16.4. The zero-order valence-electron chi connectivity index (χ0n) is 14.5. The van der Waals surface area contributed by atoms with E-state index in [9.17, 15) is 31.1 Å². The number of carbonyl (C=O) groups excluding carboxylic acids is 1. The van der Waals surface area contributed by atoms with Crippen LogP contribution in [0, 0.1) is 0 Å². The van der Waals surface area contributed by atoms with Gasteiger partial charge in [-0.05, 0) is 42.5 Å². The molecule has 9 heteroatoms. The molecule has 2 aromatic carbocycles. The van der Waals surface area contributed by atoms with E-state index in [1.165, 1.54) is 36.5 Å². The van der Waals surface area contributed by atoms with Gasteiger partial charge in [0.15, 0.2) is 0 Å². The van der Waals surface area contributed by atoms with Gasteiger partial charge >= 0.3 is 12.4 Å². The Labute approximate surface area is 161 Å². The number of benzene rings is 2. The number of hydrogen-bond donors (Lipinski definition) is 1. The minimum absolute atomic E-state index is 0.0546. The Morgan fingerprint density at radius 3 is 2.07 bits per heavy atom. The Hall–Kier alpha value is -3.36. The van der Waals surface area contributed by atoms with Crippen molar-refractivity contribution in [3.05, 3.63) is 83.6 Å². The zero-order valence-corrected chi connectivity index (χ0v) is 14.5. The van der Waals surface area contributed by atoms with Gasteiger partial charge in [0.05, 0.1) is 22.5 Å². The fourth-order valence-corrected chi connectivity index (χ4v) is 2.61. The molecule has 0 saturated heterocycles. The van der Waals surface area contributed by atoms with Crippen LogP contribution in [0.15, 0.2) is 66.9 Å². The van der Waals surface area contributed by atoms with E-state index in [4.69, 9.17) is 0 Å². The van der Waals surface area contributed by atoms with Gasteiger partial charge in [0.2, 0.25) is 0 Å². The maximum absolute atomic E-state index is 13.0. The molecule has 0 spiro atoms. The predicted molar refractivity (Wildman–Crippen MR) is 94.1 cm³/mol. The maximum atomic E-state index is 13.0. The fraction of sp³-hybridized carbons (Fsp3) is 0.100. The van der Waals surface area contributed by atoms with Gasteiger partial charge in [-0.3, -0.25) is 9.78 Å². The van der Waals surface area contributed by atoms with Gasteiger partial charge < -0.3 is 5.32 Å². The first-order chi connectivity index (χ1) is 13.6. The smallest absolute Gasteiger partial charge is 0.320 e. The standard InChI is InChI=1S/C20H12F6N2O/c21-19(22,23)14-6-1-4-12(10-14)17-16(8-3-9-27-17)28-18(29)13-5-2-7-15(11-13)20(24,25)26/h1-11H,(H,28,29). The van der Waals surface area contributed by atoms with E-state index in [1.54, 1.807) is 0 Å². The lowest BCUT2D eigenvalue weighted by atomic mass is 10.1. The molecule has 3 rings (SSSR count). The fourth-order valence-electron chi connectivity index (χ4n) is 2.61. The summed E-state index contributed by atoms with van der Waals surface area (Å²) in [5.41, 5.74) is -1.92. The Morgan fingerprint density at radius 1 is 0.793 bits per heavy atom. The molecule has 0 atom stereocenters. The lowest BCUT2D eigenvalue weighted by molar-refractivity contribution is -0.138. The quantitative estimate of drug-likeness (QED) is 0.535. The van der Waals surface area contributed by atoms with Crippen molar-refractivity contribution >= 4 is 11.6 Å². The van der Waals surface area contributed by atoms with Crippen LogP contribution in [0.25, 0.3) is 11.3 Å². The summed E-state index contributed by atoms with van der Waals surface area (Å²) in [6.07, 6.45) is -7.85. The van der Waals surface area contributed by atoms with Crippen molar-refractivity contribution in [2.45, 2.75) is 12.4 Å². The minimum atomic E-state index is -4.62. The Bertz CT molecular complexity index is 1040. The topological polar surface area (TPSA) is 42.0 Å². The van der Waals surface area contributed by atoms with Crippen LogP contribution >= 0.6 is 0 Å². The number of nitrogens with one attached hydrogen (secondary N) is 1. The Balaban J connectivity index is 1.94. The van der Waals surface area contributed by atoms with Crippen molar-refractivity contribution in [3.63, 3.8) is 0 Å². The van der Waals surface area contributed by atoms with Crippen LogP contribution in [0.3, 0.4) is 0 Å². The van der Waals surface area contributed by atoms with Crippen molar-refractivity contribution < 1.29 is 31.1 Å². The second-order valence-corrected chi connectivity index (χ2v) is 6.01. The van der Waals surface area contributed by atoms with Crippen LogP contribution in [-0.4, -0.2) is 10.9 Å². The molecule has 0 radical (unpaired) electrons. The molecule has 29 heavy (non-hydrogen) atoms. The summed E-state index contributed by atoms with van der Waals surface area (Å²) in [7, 11) is 0. The monoisotopic (exact) mass is 410 g/mol. The van der Waals surface area contributed by atoms with E-state index in [1.807, 2.05) is 0 Å². The maximum Gasteiger partial charge on any atom is 0.416 e. The SMILES string of the molecule is O=C(Nc1cccnc1-c1cccc(C(F)(F)F)c1)c1cccc(C(F)(F)F)c1. The second-order valence-electron chi connectivity index (χ2n) is 6.01. The average Bonchev–Trinajstić information content (AvgIpc) is 2.67. The Kier molecular flexibility index (Phi) is 5.32. The molecule has 0 unspecified atom stereocenters. The van der Waals surface area contributed by atoms with Gasteiger partial charge in [0.25, 0.3) is 5.91 Å². The first-order valence-electron chi connectivity index (χ1n) is 8.17. The first kappa shape index (κ1) is 20.4. The first-order valence-corrected chi connectivity index (χ1v) is 8.17. The highest BCUT2D eigenvalue weighted by Gasteiger charge is 2.32. The average molecular weight is 410 g/mol. The summed E-state index contributed by atoms with van der Waals surface area (Å²) in [5, 5.41) is 2.41. The molecule has 1 amide bonds. The number of nitrogens with zero attached hydrogens (tertiary/aromatic N) is 1. The summed E-state index contributed by atoms with van der Waals surface area (Å²) in [6, 6.07) is 11.0. The largest absolute Gasteiger partial charge is 0.416 e. The van der Waals surface area contributed by atoms with E-state index in [-0.39, 0.29) is 22.5 Å². The molecule has 1 N–H and O–H groups in total. The lowest BCUT2D eigenvalue weighted by Crippen LogP contribution is -2.15. The molecule has 3 aromatic rings. The van der Waals surface area contributed by atoms with Gasteiger partial charge in [-0.25, -0.2) is 0 Å². The highest BCUT2D eigenvalue weighted by Crippen LogP contribution is 2.34. The van der Waals surface area contributed by atoms with E-state index in [0.29, 0.717) is 6.07 Å². The highest BCUT2D eigenvalue weighted by molar-refractivity contribution is 6.06. The molecular formula is C20H12F6N2O. The molecule has 0 saturated carbocycles. The molecule has 150 valence electrons. The molecule has 0 bridgehead atoms. The third-order valence-electron chi connectivity index (χ3n) is 3.97. The third-order valence-corrected chi connectivity index (χ3v) is 3.97. The third kappa shape index (κ3) is 4.74. The molecule has 1 aromatic heterocycles. The van der Waals surface area contributed by atoms with Crippen LogP contribution in [0.1, 0.15) is 21.5 Å². The van der Waals surface area contributed by atoms with Crippen molar-refractivity contribution in [2.75, 3.05) is 5.32 Å². The second kappa shape index (κ2) is 7.57. The number of aromatic nitrogens is 1. The van der Waals surface area contributed by atoms with Crippen molar-refractivity contribution in [1.82, 2.24) is 4.98 Å². The number of pyridine rings is 1. The van der Waals surface area contributed by atoms with Gasteiger partial charge in [-0.1, -0.05) is 18.2 Å². The molecule has 1 heterocycles. The van der Waals surface area contributed by atoms with E-state index < -0.39 is 29.4 Å². The van der Waals surface area contributed by atoms with Crippen molar-refractivity contribution in [3.8, 4) is 11.3 Å². The number of halogens is 6. The van der Waals surface area contributed by atoms with Crippen LogP contribution in [-0.2, 0) is 12.4 Å². The van der Waals surface area contributed by atoms with E-state index in [2.05, 4.69) is 10.3 Å². The van der Waals surface area contributed by atoms with Crippen molar-refractivity contribution in [1.29, 1.82) is 0 Å². The number of amides is 1. The molecule has 0 aliphatic carbocycles. The number of anilines is 1. The van der Waals surface area contributed by atoms with E-state index in [0.717, 1.165) is 24.3 Å². The predicted octanol–water partition coefficient (Wildman–Crippen LogP) is 6.04. The van der Waals surface area contributed by atoms with Crippen LogP contribution in [0.2, 0.25) is 0 Å². The molecule has 0 fully saturated rings. The molecular weight excluding hydrogens is 398 g/mol. The van der Waals surface area contributed by atoms with Gasteiger partial charge in [-0.15, -0.1) is 0 Å².